The summed E-state index contributed by atoms with van der Waals surface area (Å²) < 4.78 is 1.07. The van der Waals surface area contributed by atoms with Crippen LogP contribution in [0.4, 0.5) is 0 Å². The molecule has 3 aromatic rings. The van der Waals surface area contributed by atoms with Crippen molar-refractivity contribution < 1.29 is 0 Å². The summed E-state index contributed by atoms with van der Waals surface area (Å²) in [6.45, 7) is 0. The molecule has 0 radical (unpaired) electrons. The van der Waals surface area contributed by atoms with E-state index in [-0.39, 0.29) is 5.56 Å². The summed E-state index contributed by atoms with van der Waals surface area (Å²) in [7, 11) is 0. The normalized spacial score (nSPS) is 14.1. The van der Waals surface area contributed by atoms with Gasteiger partial charge in [-0.05, 0) is 48.9 Å². The van der Waals surface area contributed by atoms with Crippen molar-refractivity contribution in [2.24, 2.45) is 0 Å². The summed E-state index contributed by atoms with van der Waals surface area (Å²) in [6, 6.07) is 8.22. The van der Waals surface area contributed by atoms with Gasteiger partial charge >= 0.3 is 0 Å². The monoisotopic (exact) mass is 406 g/mol. The minimum atomic E-state index is 0.0210. The average Bonchev–Trinajstić information content (AvgIpc) is 2.93. The lowest BCUT2D eigenvalue weighted by Crippen LogP contribution is -2.10. The van der Waals surface area contributed by atoms with Gasteiger partial charge in [0.15, 0.2) is 5.16 Å². The number of H-pyrrole nitrogens is 1. The largest absolute Gasteiger partial charge is 0.301 e. The zero-order valence-electron chi connectivity index (χ0n) is 12.4. The maximum Gasteiger partial charge on any atom is 0.260 e. The quantitative estimate of drug-likeness (QED) is 0.495. The highest BCUT2D eigenvalue weighted by molar-refractivity contribution is 9.10. The second-order valence-electron chi connectivity index (χ2n) is 5.68. The van der Waals surface area contributed by atoms with Crippen LogP contribution in [0.25, 0.3) is 10.2 Å². The minimum absolute atomic E-state index is 0.0210. The molecule has 0 atom stereocenters. The van der Waals surface area contributed by atoms with Crippen LogP contribution in [0.15, 0.2) is 38.7 Å². The van der Waals surface area contributed by atoms with Gasteiger partial charge in [-0.15, -0.1) is 11.3 Å². The predicted molar refractivity (Wildman–Crippen MR) is 101 cm³/mol. The number of hydrogen-bond acceptors (Lipinski definition) is 4. The van der Waals surface area contributed by atoms with Crippen LogP contribution in [0.2, 0.25) is 0 Å². The van der Waals surface area contributed by atoms with Gasteiger partial charge in [-0.3, -0.25) is 4.79 Å². The molecule has 1 aliphatic carbocycles. The maximum atomic E-state index is 12.5. The summed E-state index contributed by atoms with van der Waals surface area (Å²) in [5, 5.41) is 1.54. The number of thiophene rings is 1. The van der Waals surface area contributed by atoms with Crippen molar-refractivity contribution in [1.29, 1.82) is 0 Å². The fourth-order valence-electron chi connectivity index (χ4n) is 2.94. The number of nitrogens with zero attached hydrogens (tertiary/aromatic N) is 1. The number of aromatic amines is 1. The second-order valence-corrected chi connectivity index (χ2v) is 8.64. The SMILES string of the molecule is O=c1[nH]c(SCc2ccc(Br)cc2)nc2sc3c(c12)CCCC3. The molecule has 3 nitrogen and oxygen atoms in total. The number of aryl methyl sites for hydroxylation is 2. The van der Waals surface area contributed by atoms with E-state index in [0.29, 0.717) is 5.16 Å². The molecular formula is C17H15BrN2OS2. The van der Waals surface area contributed by atoms with E-state index >= 15 is 0 Å². The molecule has 0 saturated heterocycles. The molecule has 0 bridgehead atoms. The van der Waals surface area contributed by atoms with Crippen molar-refractivity contribution in [3.8, 4) is 0 Å². The third-order valence-corrected chi connectivity index (χ3v) is 6.75. The van der Waals surface area contributed by atoms with Gasteiger partial charge in [0.05, 0.1) is 5.39 Å². The molecule has 1 aromatic carbocycles. The average molecular weight is 407 g/mol. The molecule has 0 unspecified atom stereocenters. The van der Waals surface area contributed by atoms with E-state index in [4.69, 9.17) is 4.98 Å². The predicted octanol–water partition coefficient (Wildman–Crippen LogP) is 4.92. The topological polar surface area (TPSA) is 45.8 Å². The van der Waals surface area contributed by atoms with Crippen molar-refractivity contribution in [2.45, 2.75) is 36.6 Å². The van der Waals surface area contributed by atoms with Crippen molar-refractivity contribution in [2.75, 3.05) is 0 Å². The third-order valence-electron chi connectivity index (χ3n) is 4.09. The zero-order chi connectivity index (χ0) is 15.8. The Kier molecular flexibility index (Phi) is 4.30. The Morgan fingerprint density at radius 2 is 2.00 bits per heavy atom. The number of fused-ring (bicyclic) bond motifs is 3. The molecule has 0 fully saturated rings. The third kappa shape index (κ3) is 3.12. The summed E-state index contributed by atoms with van der Waals surface area (Å²) in [5.41, 5.74) is 2.48. The summed E-state index contributed by atoms with van der Waals surface area (Å²) >= 11 is 6.72. The van der Waals surface area contributed by atoms with E-state index in [1.165, 1.54) is 28.8 Å². The van der Waals surface area contributed by atoms with E-state index < -0.39 is 0 Å². The number of rotatable bonds is 3. The molecule has 0 amide bonds. The van der Waals surface area contributed by atoms with E-state index in [1.807, 2.05) is 12.1 Å². The van der Waals surface area contributed by atoms with Crippen LogP contribution in [-0.4, -0.2) is 9.97 Å². The number of thioether (sulfide) groups is 1. The molecule has 6 heteroatoms. The van der Waals surface area contributed by atoms with Crippen molar-refractivity contribution in [3.63, 3.8) is 0 Å². The highest BCUT2D eigenvalue weighted by Crippen LogP contribution is 2.34. The lowest BCUT2D eigenvalue weighted by molar-refractivity contribution is 0.700. The van der Waals surface area contributed by atoms with Gasteiger partial charge in [0.25, 0.3) is 5.56 Å². The molecule has 1 aliphatic rings. The molecule has 1 N–H and O–H groups in total. The van der Waals surface area contributed by atoms with Gasteiger partial charge in [0, 0.05) is 15.1 Å². The first-order chi connectivity index (χ1) is 11.2. The van der Waals surface area contributed by atoms with E-state index in [2.05, 4.69) is 33.0 Å². The number of nitrogens with one attached hydrogen (secondary N) is 1. The van der Waals surface area contributed by atoms with E-state index in [0.717, 1.165) is 33.3 Å². The number of aromatic nitrogens is 2. The van der Waals surface area contributed by atoms with E-state index in [9.17, 15) is 4.79 Å². The van der Waals surface area contributed by atoms with Crippen LogP contribution in [-0.2, 0) is 18.6 Å². The van der Waals surface area contributed by atoms with Crippen LogP contribution in [0.1, 0.15) is 28.8 Å². The van der Waals surface area contributed by atoms with Crippen LogP contribution >= 0.6 is 39.0 Å². The van der Waals surface area contributed by atoms with E-state index in [1.54, 1.807) is 23.1 Å². The Bertz CT molecular complexity index is 915. The standard InChI is InChI=1S/C17H15BrN2OS2/c18-11-7-5-10(6-8-11)9-22-17-19-15(21)14-12-3-1-2-4-13(12)23-16(14)20-17/h5-8H,1-4,9H2,(H,19,20,21). The zero-order valence-corrected chi connectivity index (χ0v) is 15.6. The van der Waals surface area contributed by atoms with Gasteiger partial charge in [-0.2, -0.15) is 0 Å². The Morgan fingerprint density at radius 3 is 2.83 bits per heavy atom. The van der Waals surface area contributed by atoms with Crippen molar-refractivity contribution in [3.05, 3.63) is 55.1 Å². The van der Waals surface area contributed by atoms with Crippen molar-refractivity contribution >= 4 is 49.2 Å². The smallest absolute Gasteiger partial charge is 0.260 e. The van der Waals surface area contributed by atoms with Gasteiger partial charge < -0.3 is 4.98 Å². The lowest BCUT2D eigenvalue weighted by Gasteiger charge is -2.09. The van der Waals surface area contributed by atoms with Crippen LogP contribution in [0, 0.1) is 0 Å². The second kappa shape index (κ2) is 6.42. The van der Waals surface area contributed by atoms with Gasteiger partial charge in [0.1, 0.15) is 4.83 Å². The summed E-state index contributed by atoms with van der Waals surface area (Å²) in [5.74, 6) is 0.798. The Labute approximate surface area is 150 Å². The minimum Gasteiger partial charge on any atom is -0.301 e. The molecule has 118 valence electrons. The highest BCUT2D eigenvalue weighted by Gasteiger charge is 2.19. The Morgan fingerprint density at radius 1 is 1.22 bits per heavy atom. The number of hydrogen-bond donors (Lipinski definition) is 1. The maximum absolute atomic E-state index is 12.5. The number of benzene rings is 1. The summed E-state index contributed by atoms with van der Waals surface area (Å²) in [6.07, 6.45) is 4.52. The fourth-order valence-corrected chi connectivity index (χ4v) is 5.35. The van der Waals surface area contributed by atoms with Crippen LogP contribution in [0.3, 0.4) is 0 Å². The first-order valence-corrected chi connectivity index (χ1v) is 10.2. The van der Waals surface area contributed by atoms with Crippen LogP contribution < -0.4 is 5.56 Å². The van der Waals surface area contributed by atoms with Crippen LogP contribution in [0.5, 0.6) is 0 Å². The molecule has 2 heterocycles. The van der Waals surface area contributed by atoms with Crippen molar-refractivity contribution in [1.82, 2.24) is 9.97 Å². The molecule has 0 saturated carbocycles. The molecule has 2 aromatic heterocycles. The van der Waals surface area contributed by atoms with Gasteiger partial charge in [-0.1, -0.05) is 39.8 Å². The fraction of sp³-hybridized carbons (Fsp3) is 0.294. The molecule has 0 aliphatic heterocycles. The molecule has 4 rings (SSSR count). The highest BCUT2D eigenvalue weighted by atomic mass is 79.9. The molecule has 23 heavy (non-hydrogen) atoms. The summed E-state index contributed by atoms with van der Waals surface area (Å²) in [4.78, 5) is 22.4. The number of halogens is 1. The Hall–Kier alpha value is -1.11. The molecular weight excluding hydrogens is 392 g/mol. The van der Waals surface area contributed by atoms with Gasteiger partial charge in [-0.25, -0.2) is 4.98 Å². The first kappa shape index (κ1) is 15.4. The first-order valence-electron chi connectivity index (χ1n) is 7.62. The molecule has 0 spiro atoms. The lowest BCUT2D eigenvalue weighted by atomic mass is 9.97. The Balaban J connectivity index is 1.63. The van der Waals surface area contributed by atoms with Gasteiger partial charge in [0.2, 0.25) is 0 Å².